The second-order valence-corrected chi connectivity index (χ2v) is 2.49. The number of aliphatic hydroxyl groups is 1. The van der Waals surface area contributed by atoms with Gasteiger partial charge in [-0.3, -0.25) is 9.89 Å². The van der Waals surface area contributed by atoms with Gasteiger partial charge in [-0.05, 0) is 5.92 Å². The van der Waals surface area contributed by atoms with E-state index in [2.05, 4.69) is 32.0 Å². The molecule has 6 heteroatoms. The van der Waals surface area contributed by atoms with E-state index in [1.807, 2.05) is 0 Å². The number of H-pyrrole nitrogens is 2. The standard InChI is InChI=1S/C8H6N4O2/c13-3-1-2-5-6-7(12-11-5)9-4-10-8(6)14/h4,13H,3H2,(H2,9,10,11,12,14). The molecule has 3 N–H and O–H groups in total. The molecule has 0 amide bonds. The molecule has 2 heterocycles. The van der Waals surface area contributed by atoms with Crippen LogP contribution in [0.3, 0.4) is 0 Å². The van der Waals surface area contributed by atoms with Crippen LogP contribution >= 0.6 is 0 Å². The third-order valence-electron chi connectivity index (χ3n) is 1.65. The van der Waals surface area contributed by atoms with E-state index in [9.17, 15) is 4.79 Å². The van der Waals surface area contributed by atoms with E-state index in [0.717, 1.165) is 0 Å². The predicted octanol–water partition coefficient (Wildman–Crippen LogP) is -1.01. The molecule has 0 aliphatic heterocycles. The van der Waals surface area contributed by atoms with Crippen LogP contribution in [0.2, 0.25) is 0 Å². The van der Waals surface area contributed by atoms with Crippen molar-refractivity contribution in [1.29, 1.82) is 0 Å². The smallest absolute Gasteiger partial charge is 0.263 e. The van der Waals surface area contributed by atoms with E-state index >= 15 is 0 Å². The minimum atomic E-state index is -0.300. The lowest BCUT2D eigenvalue weighted by atomic mass is 10.3. The number of aromatic amines is 2. The van der Waals surface area contributed by atoms with E-state index in [1.165, 1.54) is 6.33 Å². The quantitative estimate of drug-likeness (QED) is 0.464. The Kier molecular flexibility index (Phi) is 2.01. The summed E-state index contributed by atoms with van der Waals surface area (Å²) >= 11 is 0. The Balaban J connectivity index is 2.73. The largest absolute Gasteiger partial charge is 0.384 e. The van der Waals surface area contributed by atoms with Crippen molar-refractivity contribution in [3.63, 3.8) is 0 Å². The molecule has 0 aromatic carbocycles. The first-order valence-corrected chi connectivity index (χ1v) is 3.84. The Labute approximate surface area is 78.0 Å². The lowest BCUT2D eigenvalue weighted by Gasteiger charge is -1.84. The highest BCUT2D eigenvalue weighted by Crippen LogP contribution is 2.05. The summed E-state index contributed by atoms with van der Waals surface area (Å²) in [5.41, 5.74) is 0.380. The molecular formula is C8H6N4O2. The zero-order valence-corrected chi connectivity index (χ0v) is 7.03. The van der Waals surface area contributed by atoms with Crippen molar-refractivity contribution in [3.05, 3.63) is 22.4 Å². The molecule has 70 valence electrons. The molecule has 0 unspecified atom stereocenters. The summed E-state index contributed by atoms with van der Waals surface area (Å²) in [6.07, 6.45) is 1.27. The van der Waals surface area contributed by atoms with Gasteiger partial charge in [0.25, 0.3) is 5.56 Å². The van der Waals surface area contributed by atoms with Gasteiger partial charge in [-0.1, -0.05) is 5.92 Å². The second-order valence-electron chi connectivity index (χ2n) is 2.49. The number of nitrogens with one attached hydrogen (secondary N) is 2. The highest BCUT2D eigenvalue weighted by atomic mass is 16.2. The first-order valence-electron chi connectivity index (χ1n) is 3.84. The molecule has 0 saturated carbocycles. The Hall–Kier alpha value is -2.13. The lowest BCUT2D eigenvalue weighted by Crippen LogP contribution is -2.06. The summed E-state index contributed by atoms with van der Waals surface area (Å²) in [6, 6.07) is 0. The number of nitrogens with zero attached hydrogens (tertiary/aromatic N) is 2. The Bertz CT molecular complexity index is 572. The van der Waals surface area contributed by atoms with Crippen molar-refractivity contribution in [2.75, 3.05) is 6.61 Å². The first-order chi connectivity index (χ1) is 6.83. The van der Waals surface area contributed by atoms with Crippen LogP contribution in [0.4, 0.5) is 0 Å². The second kappa shape index (κ2) is 3.32. The van der Waals surface area contributed by atoms with E-state index in [4.69, 9.17) is 5.11 Å². The Morgan fingerprint density at radius 2 is 2.43 bits per heavy atom. The van der Waals surface area contributed by atoms with Crippen molar-refractivity contribution in [2.24, 2.45) is 0 Å². The molecule has 0 saturated heterocycles. The topological polar surface area (TPSA) is 94.7 Å². The predicted molar refractivity (Wildman–Crippen MR) is 48.5 cm³/mol. The number of hydrogen-bond acceptors (Lipinski definition) is 4. The van der Waals surface area contributed by atoms with Crippen LogP contribution in [-0.2, 0) is 0 Å². The highest BCUT2D eigenvalue weighted by molar-refractivity contribution is 5.79. The molecule has 0 aliphatic carbocycles. The minimum Gasteiger partial charge on any atom is -0.384 e. The number of aliphatic hydroxyl groups excluding tert-OH is 1. The molecule has 0 bridgehead atoms. The molecule has 2 aromatic rings. The van der Waals surface area contributed by atoms with Crippen LogP contribution < -0.4 is 5.56 Å². The molecule has 6 nitrogen and oxygen atoms in total. The van der Waals surface area contributed by atoms with Crippen molar-refractivity contribution in [3.8, 4) is 11.8 Å². The first kappa shape index (κ1) is 8.47. The highest BCUT2D eigenvalue weighted by Gasteiger charge is 2.06. The minimum absolute atomic E-state index is 0.265. The fraction of sp³-hybridized carbons (Fsp3) is 0.125. The number of rotatable bonds is 0. The summed E-state index contributed by atoms with van der Waals surface area (Å²) in [5, 5.41) is 15.2. The summed E-state index contributed by atoms with van der Waals surface area (Å²) in [7, 11) is 0. The van der Waals surface area contributed by atoms with Crippen LogP contribution in [-0.4, -0.2) is 31.9 Å². The maximum absolute atomic E-state index is 11.3. The van der Waals surface area contributed by atoms with Gasteiger partial charge in [-0.2, -0.15) is 5.10 Å². The van der Waals surface area contributed by atoms with Crippen LogP contribution in [0.1, 0.15) is 5.69 Å². The third kappa shape index (κ3) is 1.26. The Morgan fingerprint density at radius 3 is 3.21 bits per heavy atom. The fourth-order valence-corrected chi connectivity index (χ4v) is 1.08. The Morgan fingerprint density at radius 1 is 1.57 bits per heavy atom. The monoisotopic (exact) mass is 190 g/mol. The van der Waals surface area contributed by atoms with E-state index in [0.29, 0.717) is 16.7 Å². The summed E-state index contributed by atoms with van der Waals surface area (Å²) in [5.74, 6) is 5.00. The average molecular weight is 190 g/mol. The normalized spacial score (nSPS) is 9.79. The lowest BCUT2D eigenvalue weighted by molar-refractivity contribution is 0.350. The van der Waals surface area contributed by atoms with Gasteiger partial charge in [0.2, 0.25) is 0 Å². The SMILES string of the molecule is O=c1[nH]cnc2n[nH]c(C#CCO)c12. The van der Waals surface area contributed by atoms with Gasteiger partial charge in [-0.15, -0.1) is 0 Å². The third-order valence-corrected chi connectivity index (χ3v) is 1.65. The molecule has 14 heavy (non-hydrogen) atoms. The molecule has 0 aliphatic rings. The van der Waals surface area contributed by atoms with Gasteiger partial charge in [0.15, 0.2) is 5.65 Å². The molecule has 2 aromatic heterocycles. The molecule has 0 spiro atoms. The van der Waals surface area contributed by atoms with Crippen molar-refractivity contribution >= 4 is 11.0 Å². The molecule has 0 atom stereocenters. The van der Waals surface area contributed by atoms with E-state index in [-0.39, 0.29) is 12.2 Å². The average Bonchev–Trinajstić information content (AvgIpc) is 2.59. The van der Waals surface area contributed by atoms with Crippen LogP contribution in [0.25, 0.3) is 11.0 Å². The molecule has 2 rings (SSSR count). The van der Waals surface area contributed by atoms with Gasteiger partial charge in [0.05, 0.1) is 6.33 Å². The summed E-state index contributed by atoms with van der Waals surface area (Å²) < 4.78 is 0. The fourth-order valence-electron chi connectivity index (χ4n) is 1.08. The van der Waals surface area contributed by atoms with Gasteiger partial charge in [0.1, 0.15) is 17.7 Å². The maximum Gasteiger partial charge on any atom is 0.263 e. The van der Waals surface area contributed by atoms with Crippen LogP contribution in [0.5, 0.6) is 0 Å². The van der Waals surface area contributed by atoms with E-state index < -0.39 is 0 Å². The zero-order valence-electron chi connectivity index (χ0n) is 7.03. The zero-order chi connectivity index (χ0) is 9.97. The number of hydrogen-bond donors (Lipinski definition) is 3. The van der Waals surface area contributed by atoms with Gasteiger partial charge < -0.3 is 10.1 Å². The summed E-state index contributed by atoms with van der Waals surface area (Å²) in [4.78, 5) is 17.6. The van der Waals surface area contributed by atoms with Crippen LogP contribution in [0, 0.1) is 11.8 Å². The van der Waals surface area contributed by atoms with Gasteiger partial charge in [0, 0.05) is 0 Å². The van der Waals surface area contributed by atoms with Crippen molar-refractivity contribution < 1.29 is 5.11 Å². The molecule has 0 fully saturated rings. The molecule has 0 radical (unpaired) electrons. The van der Waals surface area contributed by atoms with Crippen LogP contribution in [0.15, 0.2) is 11.1 Å². The summed E-state index contributed by atoms with van der Waals surface area (Å²) in [6.45, 7) is -0.265. The van der Waals surface area contributed by atoms with E-state index in [1.54, 1.807) is 0 Å². The number of aromatic nitrogens is 4. The van der Waals surface area contributed by atoms with Gasteiger partial charge in [-0.25, -0.2) is 4.98 Å². The van der Waals surface area contributed by atoms with Crippen molar-refractivity contribution in [2.45, 2.75) is 0 Å². The van der Waals surface area contributed by atoms with Crippen molar-refractivity contribution in [1.82, 2.24) is 20.2 Å². The van der Waals surface area contributed by atoms with Gasteiger partial charge >= 0.3 is 0 Å². The number of fused-ring (bicyclic) bond motifs is 1. The maximum atomic E-state index is 11.3. The molecular weight excluding hydrogens is 184 g/mol.